The number of amides is 4. The summed E-state index contributed by atoms with van der Waals surface area (Å²) in [6, 6.07) is 5.09. The van der Waals surface area contributed by atoms with Gasteiger partial charge in [-0.2, -0.15) is 0 Å². The lowest BCUT2D eigenvalue weighted by molar-refractivity contribution is -0.136. The second-order valence-electron chi connectivity index (χ2n) is 9.20. The summed E-state index contributed by atoms with van der Waals surface area (Å²) in [7, 11) is 0. The zero-order chi connectivity index (χ0) is 22.3. The maximum atomic E-state index is 12.8. The Hall–Kier alpha value is -3.10. The van der Waals surface area contributed by atoms with Crippen molar-refractivity contribution >= 4 is 29.5 Å². The number of carbonyl (C=O) groups is 4. The molecule has 4 rings (SSSR count). The molecule has 0 unspecified atom stereocenters. The maximum Gasteiger partial charge on any atom is 0.410 e. The fraction of sp³-hybridized carbons (Fsp3) is 0.545. The first-order valence-electron chi connectivity index (χ1n) is 10.6. The van der Waals surface area contributed by atoms with E-state index in [2.05, 4.69) is 10.2 Å². The van der Waals surface area contributed by atoms with E-state index >= 15 is 0 Å². The van der Waals surface area contributed by atoms with E-state index in [1.165, 1.54) is 0 Å². The van der Waals surface area contributed by atoms with Crippen molar-refractivity contribution in [3.05, 3.63) is 29.3 Å². The monoisotopic (exact) mass is 428 g/mol. The van der Waals surface area contributed by atoms with Crippen LogP contribution in [0.5, 0.6) is 0 Å². The van der Waals surface area contributed by atoms with Crippen LogP contribution in [0.25, 0.3) is 0 Å². The van der Waals surface area contributed by atoms with Crippen molar-refractivity contribution in [2.24, 2.45) is 0 Å². The van der Waals surface area contributed by atoms with Gasteiger partial charge in [0.25, 0.3) is 5.91 Å². The van der Waals surface area contributed by atoms with Crippen LogP contribution in [-0.4, -0.2) is 71.4 Å². The van der Waals surface area contributed by atoms with Gasteiger partial charge < -0.3 is 19.4 Å². The standard InChI is InChI=1S/C22H28N4O5/c1-22(2,3)31-21(30)25-10-8-24(9-11-25)15-4-5-16-14(12-15)13-26(20(16)29)17-6-7-18(27)23-19(17)28/h4-5,12,17H,6-11,13H2,1-3H3,(H,23,27,28)/t17-/m1/s1. The van der Waals surface area contributed by atoms with Crippen LogP contribution in [0.3, 0.4) is 0 Å². The van der Waals surface area contributed by atoms with Crippen LogP contribution >= 0.6 is 0 Å². The highest BCUT2D eigenvalue weighted by Gasteiger charge is 2.39. The lowest BCUT2D eigenvalue weighted by Crippen LogP contribution is -2.52. The molecule has 1 aromatic rings. The molecule has 0 aromatic heterocycles. The van der Waals surface area contributed by atoms with Crippen molar-refractivity contribution in [2.75, 3.05) is 31.1 Å². The number of nitrogens with zero attached hydrogens (tertiary/aromatic N) is 3. The molecule has 9 heteroatoms. The molecule has 0 saturated carbocycles. The van der Waals surface area contributed by atoms with Crippen LogP contribution in [0, 0.1) is 0 Å². The van der Waals surface area contributed by atoms with Crippen LogP contribution in [0.15, 0.2) is 18.2 Å². The topological polar surface area (TPSA) is 99.3 Å². The first-order valence-corrected chi connectivity index (χ1v) is 10.6. The molecule has 0 spiro atoms. The van der Waals surface area contributed by atoms with Gasteiger partial charge in [0.15, 0.2) is 0 Å². The molecule has 2 fully saturated rings. The Morgan fingerprint density at radius 3 is 2.45 bits per heavy atom. The second-order valence-corrected chi connectivity index (χ2v) is 9.20. The Labute approximate surface area is 181 Å². The molecule has 1 N–H and O–H groups in total. The van der Waals surface area contributed by atoms with Gasteiger partial charge in [-0.3, -0.25) is 19.7 Å². The van der Waals surface area contributed by atoms with Gasteiger partial charge in [-0.1, -0.05) is 0 Å². The number of hydrogen-bond acceptors (Lipinski definition) is 6. The predicted octanol–water partition coefficient (Wildman–Crippen LogP) is 1.50. The SMILES string of the molecule is CC(C)(C)OC(=O)N1CCN(c2ccc3c(c2)CN([C@@H]2CCC(=O)NC2=O)C3=O)CC1. The number of nitrogens with one attached hydrogen (secondary N) is 1. The first-order chi connectivity index (χ1) is 14.6. The Balaban J connectivity index is 1.41. The summed E-state index contributed by atoms with van der Waals surface area (Å²) >= 11 is 0. The van der Waals surface area contributed by atoms with Crippen molar-refractivity contribution in [1.29, 1.82) is 0 Å². The third-order valence-electron chi connectivity index (χ3n) is 5.80. The van der Waals surface area contributed by atoms with Gasteiger partial charge in [0, 0.05) is 50.4 Å². The summed E-state index contributed by atoms with van der Waals surface area (Å²) in [5, 5.41) is 2.32. The first kappa shape index (κ1) is 21.1. The van der Waals surface area contributed by atoms with Crippen LogP contribution in [-0.2, 0) is 20.9 Å². The molecule has 1 atom stereocenters. The summed E-state index contributed by atoms with van der Waals surface area (Å²) in [6.07, 6.45) is 0.291. The zero-order valence-electron chi connectivity index (χ0n) is 18.1. The highest BCUT2D eigenvalue weighted by atomic mass is 16.6. The molecule has 0 radical (unpaired) electrons. The van der Waals surface area contributed by atoms with Crippen molar-refractivity contribution in [1.82, 2.24) is 15.1 Å². The van der Waals surface area contributed by atoms with Gasteiger partial charge in [0.05, 0.1) is 0 Å². The zero-order valence-corrected chi connectivity index (χ0v) is 18.1. The van der Waals surface area contributed by atoms with Crippen LogP contribution < -0.4 is 10.2 Å². The van der Waals surface area contributed by atoms with Crippen LogP contribution in [0.1, 0.15) is 49.5 Å². The number of piperidine rings is 1. The molecular weight excluding hydrogens is 400 g/mol. The molecule has 9 nitrogen and oxygen atoms in total. The highest BCUT2D eigenvalue weighted by Crippen LogP contribution is 2.31. The largest absolute Gasteiger partial charge is 0.444 e. The molecule has 1 aromatic carbocycles. The van der Waals surface area contributed by atoms with Gasteiger partial charge >= 0.3 is 6.09 Å². The molecule has 0 aliphatic carbocycles. The van der Waals surface area contributed by atoms with Crippen molar-refractivity contribution in [3.8, 4) is 0 Å². The average Bonchev–Trinajstić information content (AvgIpc) is 3.02. The van der Waals surface area contributed by atoms with Crippen molar-refractivity contribution in [3.63, 3.8) is 0 Å². The Morgan fingerprint density at radius 1 is 1.10 bits per heavy atom. The molecule has 31 heavy (non-hydrogen) atoms. The Kier molecular flexibility index (Phi) is 5.36. The molecule has 3 aliphatic heterocycles. The van der Waals surface area contributed by atoms with E-state index in [9.17, 15) is 19.2 Å². The number of hydrogen-bond donors (Lipinski definition) is 1. The minimum atomic E-state index is -0.613. The molecule has 4 amide bonds. The number of ether oxygens (including phenoxy) is 1. The number of benzene rings is 1. The summed E-state index contributed by atoms with van der Waals surface area (Å²) < 4.78 is 5.45. The highest BCUT2D eigenvalue weighted by molar-refractivity contribution is 6.05. The van der Waals surface area contributed by atoms with Gasteiger partial charge in [0.2, 0.25) is 11.8 Å². The molecule has 2 saturated heterocycles. The minimum absolute atomic E-state index is 0.175. The molecule has 3 aliphatic rings. The van der Waals surface area contributed by atoms with Gasteiger partial charge in [-0.15, -0.1) is 0 Å². The fourth-order valence-electron chi connectivity index (χ4n) is 4.23. The summed E-state index contributed by atoms with van der Waals surface area (Å²) in [5.41, 5.74) is 1.94. The molecule has 166 valence electrons. The predicted molar refractivity (Wildman–Crippen MR) is 113 cm³/mol. The summed E-state index contributed by atoms with van der Waals surface area (Å²) in [5.74, 6) is -0.875. The summed E-state index contributed by atoms with van der Waals surface area (Å²) in [4.78, 5) is 54.2. The third-order valence-corrected chi connectivity index (χ3v) is 5.80. The van der Waals surface area contributed by atoms with E-state index in [0.717, 1.165) is 11.3 Å². The Bertz CT molecular complexity index is 930. The van der Waals surface area contributed by atoms with E-state index in [0.29, 0.717) is 44.7 Å². The van der Waals surface area contributed by atoms with E-state index in [1.54, 1.807) is 15.9 Å². The van der Waals surface area contributed by atoms with Gasteiger partial charge in [-0.25, -0.2) is 4.79 Å². The molecule has 0 bridgehead atoms. The van der Waals surface area contributed by atoms with Crippen LogP contribution in [0.4, 0.5) is 10.5 Å². The molecule has 3 heterocycles. The van der Waals surface area contributed by atoms with Crippen molar-refractivity contribution in [2.45, 2.75) is 51.8 Å². The van der Waals surface area contributed by atoms with E-state index in [-0.39, 0.29) is 24.3 Å². The number of imide groups is 1. The van der Waals surface area contributed by atoms with E-state index < -0.39 is 17.6 Å². The molecular formula is C22H28N4O5. The number of anilines is 1. The third kappa shape index (κ3) is 4.35. The smallest absolute Gasteiger partial charge is 0.410 e. The lowest BCUT2D eigenvalue weighted by atomic mass is 10.0. The Morgan fingerprint density at radius 2 is 1.81 bits per heavy atom. The summed E-state index contributed by atoms with van der Waals surface area (Å²) in [6.45, 7) is 8.37. The van der Waals surface area contributed by atoms with Crippen LogP contribution in [0.2, 0.25) is 0 Å². The second kappa shape index (κ2) is 7.86. The average molecular weight is 428 g/mol. The van der Waals surface area contributed by atoms with Gasteiger partial charge in [0.1, 0.15) is 11.6 Å². The normalized spacial score (nSPS) is 21.8. The van der Waals surface area contributed by atoms with Gasteiger partial charge in [-0.05, 0) is 51.0 Å². The quantitative estimate of drug-likeness (QED) is 0.717. The number of carbonyl (C=O) groups excluding carboxylic acids is 4. The number of fused-ring (bicyclic) bond motifs is 1. The number of rotatable bonds is 2. The lowest BCUT2D eigenvalue weighted by Gasteiger charge is -2.36. The van der Waals surface area contributed by atoms with E-state index in [1.807, 2.05) is 32.9 Å². The number of piperazine rings is 1. The van der Waals surface area contributed by atoms with Crippen molar-refractivity contribution < 1.29 is 23.9 Å². The minimum Gasteiger partial charge on any atom is -0.444 e. The maximum absolute atomic E-state index is 12.8. The fourth-order valence-corrected chi connectivity index (χ4v) is 4.23. The van der Waals surface area contributed by atoms with E-state index in [4.69, 9.17) is 4.74 Å².